The SMILES string of the molecule is Nc1nc(-c2ccccc2)c(-c2ccc(=O)n(CC(=O)N3CCCCC3)n2)cc1Cl. The highest BCUT2D eigenvalue weighted by Gasteiger charge is 2.19. The number of carbonyl (C=O) groups is 1. The lowest BCUT2D eigenvalue weighted by Gasteiger charge is -2.26. The minimum atomic E-state index is -0.333. The molecule has 3 heterocycles. The molecule has 30 heavy (non-hydrogen) atoms. The van der Waals surface area contributed by atoms with Crippen molar-refractivity contribution in [2.75, 3.05) is 18.8 Å². The fourth-order valence-electron chi connectivity index (χ4n) is 3.59. The van der Waals surface area contributed by atoms with Gasteiger partial charge in [-0.15, -0.1) is 0 Å². The number of nitrogens with two attached hydrogens (primary N) is 1. The highest BCUT2D eigenvalue weighted by Crippen LogP contribution is 2.33. The standard InChI is InChI=1S/C22H22ClN5O2/c23-17-13-16(21(25-22(17)24)15-7-3-1-4-8-15)18-9-10-19(29)28(26-18)14-20(30)27-11-5-2-6-12-27/h1,3-4,7-10,13H,2,5-6,11-12,14H2,(H2,24,25). The van der Waals surface area contributed by atoms with Crippen LogP contribution in [-0.2, 0) is 11.3 Å². The summed E-state index contributed by atoms with van der Waals surface area (Å²) in [6, 6.07) is 14.2. The van der Waals surface area contributed by atoms with Gasteiger partial charge in [0, 0.05) is 30.3 Å². The maximum absolute atomic E-state index is 12.6. The summed E-state index contributed by atoms with van der Waals surface area (Å²) in [5, 5.41) is 4.75. The Kier molecular flexibility index (Phi) is 5.81. The Morgan fingerprint density at radius 2 is 1.80 bits per heavy atom. The summed E-state index contributed by atoms with van der Waals surface area (Å²) < 4.78 is 1.20. The van der Waals surface area contributed by atoms with E-state index >= 15 is 0 Å². The minimum Gasteiger partial charge on any atom is -0.382 e. The number of halogens is 1. The predicted octanol–water partition coefficient (Wildman–Crippen LogP) is 3.22. The first-order valence-corrected chi connectivity index (χ1v) is 10.3. The molecule has 3 aromatic rings. The number of piperidine rings is 1. The topological polar surface area (TPSA) is 94.1 Å². The molecule has 1 aromatic carbocycles. The summed E-state index contributed by atoms with van der Waals surface area (Å²) in [7, 11) is 0. The molecule has 0 aliphatic carbocycles. The van der Waals surface area contributed by atoms with Gasteiger partial charge in [0.05, 0.1) is 16.4 Å². The van der Waals surface area contributed by atoms with E-state index in [2.05, 4.69) is 10.1 Å². The van der Waals surface area contributed by atoms with Crippen LogP contribution in [-0.4, -0.2) is 38.7 Å². The number of rotatable bonds is 4. The van der Waals surface area contributed by atoms with E-state index in [0.29, 0.717) is 22.0 Å². The largest absolute Gasteiger partial charge is 0.382 e. The van der Waals surface area contributed by atoms with Gasteiger partial charge in [0.1, 0.15) is 12.4 Å². The van der Waals surface area contributed by atoms with Crippen LogP contribution < -0.4 is 11.3 Å². The van der Waals surface area contributed by atoms with Crippen molar-refractivity contribution in [3.8, 4) is 22.5 Å². The molecule has 4 rings (SSSR count). The van der Waals surface area contributed by atoms with Gasteiger partial charge in [0.15, 0.2) is 0 Å². The first-order valence-electron chi connectivity index (χ1n) is 9.90. The van der Waals surface area contributed by atoms with Gasteiger partial charge >= 0.3 is 0 Å². The summed E-state index contributed by atoms with van der Waals surface area (Å²) in [6.07, 6.45) is 3.11. The van der Waals surface area contributed by atoms with Crippen LogP contribution in [0.4, 0.5) is 5.82 Å². The molecule has 1 saturated heterocycles. The van der Waals surface area contributed by atoms with E-state index in [1.807, 2.05) is 30.3 Å². The number of hydrogen-bond acceptors (Lipinski definition) is 5. The van der Waals surface area contributed by atoms with Crippen molar-refractivity contribution in [2.45, 2.75) is 25.8 Å². The summed E-state index contributed by atoms with van der Waals surface area (Å²) in [4.78, 5) is 31.2. The zero-order valence-corrected chi connectivity index (χ0v) is 17.2. The first kappa shape index (κ1) is 20.1. The van der Waals surface area contributed by atoms with E-state index in [1.165, 1.54) is 10.7 Å². The Balaban J connectivity index is 1.73. The normalized spacial score (nSPS) is 14.0. The van der Waals surface area contributed by atoms with Crippen LogP contribution in [0.1, 0.15) is 19.3 Å². The number of amides is 1. The van der Waals surface area contributed by atoms with Crippen molar-refractivity contribution in [1.29, 1.82) is 0 Å². The van der Waals surface area contributed by atoms with Gasteiger partial charge in [-0.1, -0.05) is 41.9 Å². The summed E-state index contributed by atoms with van der Waals surface area (Å²) in [5.74, 6) is 0.117. The van der Waals surface area contributed by atoms with E-state index < -0.39 is 0 Å². The second-order valence-electron chi connectivity index (χ2n) is 7.27. The molecule has 1 fully saturated rings. The summed E-state index contributed by atoms with van der Waals surface area (Å²) >= 11 is 6.24. The first-order chi connectivity index (χ1) is 14.5. The fourth-order valence-corrected chi connectivity index (χ4v) is 3.74. The Morgan fingerprint density at radius 1 is 1.07 bits per heavy atom. The molecule has 154 valence electrons. The van der Waals surface area contributed by atoms with Crippen molar-refractivity contribution in [2.24, 2.45) is 0 Å². The lowest BCUT2D eigenvalue weighted by Crippen LogP contribution is -2.40. The van der Waals surface area contributed by atoms with Gasteiger partial charge in [0.2, 0.25) is 5.91 Å². The van der Waals surface area contributed by atoms with Gasteiger partial charge in [-0.05, 0) is 31.4 Å². The Bertz CT molecular complexity index is 1120. The van der Waals surface area contributed by atoms with E-state index in [1.54, 1.807) is 17.0 Å². The van der Waals surface area contributed by atoms with Crippen LogP contribution >= 0.6 is 11.6 Å². The molecule has 2 N–H and O–H groups in total. The molecule has 0 unspecified atom stereocenters. The van der Waals surface area contributed by atoms with Crippen LogP contribution in [0.25, 0.3) is 22.5 Å². The molecule has 0 saturated carbocycles. The molecule has 0 bridgehead atoms. The Labute approximate surface area is 179 Å². The molecule has 0 radical (unpaired) electrons. The summed E-state index contributed by atoms with van der Waals surface area (Å²) in [5.41, 5.74) is 8.19. The number of anilines is 1. The second-order valence-corrected chi connectivity index (χ2v) is 7.68. The minimum absolute atomic E-state index is 0.0938. The molecule has 1 amide bonds. The molecule has 1 aliphatic rings. The smallest absolute Gasteiger partial charge is 0.267 e. The Hall–Kier alpha value is -3.19. The lowest BCUT2D eigenvalue weighted by atomic mass is 10.0. The van der Waals surface area contributed by atoms with E-state index in [-0.39, 0.29) is 23.8 Å². The molecular formula is C22H22ClN5O2. The van der Waals surface area contributed by atoms with E-state index in [4.69, 9.17) is 17.3 Å². The van der Waals surface area contributed by atoms with Crippen LogP contribution in [0.5, 0.6) is 0 Å². The third kappa shape index (κ3) is 4.21. The maximum atomic E-state index is 12.6. The number of benzene rings is 1. The number of carbonyl (C=O) groups excluding carboxylic acids is 1. The number of pyridine rings is 1. The van der Waals surface area contributed by atoms with Crippen molar-refractivity contribution < 1.29 is 4.79 Å². The number of aromatic nitrogens is 3. The number of nitrogens with zero attached hydrogens (tertiary/aromatic N) is 4. The molecular weight excluding hydrogens is 402 g/mol. The maximum Gasteiger partial charge on any atom is 0.267 e. The van der Waals surface area contributed by atoms with Gasteiger partial charge in [-0.3, -0.25) is 9.59 Å². The highest BCUT2D eigenvalue weighted by atomic mass is 35.5. The molecule has 0 atom stereocenters. The zero-order chi connectivity index (χ0) is 21.1. The average molecular weight is 424 g/mol. The third-order valence-electron chi connectivity index (χ3n) is 5.19. The lowest BCUT2D eigenvalue weighted by molar-refractivity contribution is -0.133. The predicted molar refractivity (Wildman–Crippen MR) is 117 cm³/mol. The van der Waals surface area contributed by atoms with Crippen LogP contribution in [0.3, 0.4) is 0 Å². The third-order valence-corrected chi connectivity index (χ3v) is 5.49. The second kappa shape index (κ2) is 8.67. The van der Waals surface area contributed by atoms with Crippen LogP contribution in [0, 0.1) is 0 Å². The van der Waals surface area contributed by atoms with Crippen LogP contribution in [0.2, 0.25) is 5.02 Å². The van der Waals surface area contributed by atoms with Crippen LogP contribution in [0.15, 0.2) is 53.3 Å². The van der Waals surface area contributed by atoms with E-state index in [9.17, 15) is 9.59 Å². The van der Waals surface area contributed by atoms with Gasteiger partial charge < -0.3 is 10.6 Å². The monoisotopic (exact) mass is 423 g/mol. The molecule has 7 nitrogen and oxygen atoms in total. The number of likely N-dealkylation sites (tertiary alicyclic amines) is 1. The molecule has 0 spiro atoms. The number of nitrogen functional groups attached to an aromatic ring is 1. The average Bonchev–Trinajstić information content (AvgIpc) is 2.78. The van der Waals surface area contributed by atoms with Crippen molar-refractivity contribution in [1.82, 2.24) is 19.7 Å². The quantitative estimate of drug-likeness (QED) is 0.695. The molecule has 1 aliphatic heterocycles. The summed E-state index contributed by atoms with van der Waals surface area (Å²) in [6.45, 7) is 1.36. The van der Waals surface area contributed by atoms with Gasteiger partial charge in [0.25, 0.3) is 5.56 Å². The number of hydrogen-bond donors (Lipinski definition) is 1. The Morgan fingerprint density at radius 3 is 2.53 bits per heavy atom. The fraction of sp³-hybridized carbons (Fsp3) is 0.273. The zero-order valence-electron chi connectivity index (χ0n) is 16.4. The van der Waals surface area contributed by atoms with Crippen molar-refractivity contribution >= 4 is 23.3 Å². The van der Waals surface area contributed by atoms with Gasteiger partial charge in [-0.25, -0.2) is 9.67 Å². The molecule has 2 aromatic heterocycles. The van der Waals surface area contributed by atoms with Crippen molar-refractivity contribution in [3.63, 3.8) is 0 Å². The van der Waals surface area contributed by atoms with Gasteiger partial charge in [-0.2, -0.15) is 5.10 Å². The highest BCUT2D eigenvalue weighted by molar-refractivity contribution is 6.33. The van der Waals surface area contributed by atoms with Crippen molar-refractivity contribution in [3.05, 3.63) is 63.9 Å². The van der Waals surface area contributed by atoms with E-state index in [0.717, 1.165) is 37.9 Å². The molecule has 8 heteroatoms.